The number of hydrogen-bond donors (Lipinski definition) is 3. The number of carbonyl (C=O) groups is 1. The molecule has 2 aromatic heterocycles. The molecule has 3 atom stereocenters. The molecule has 5 rings (SSSR count). The summed E-state index contributed by atoms with van der Waals surface area (Å²) in [7, 11) is 0. The predicted molar refractivity (Wildman–Crippen MR) is 153 cm³/mol. The number of fused-ring (bicyclic) bond motifs is 1. The van der Waals surface area contributed by atoms with Gasteiger partial charge in [0.05, 0.1) is 30.2 Å². The van der Waals surface area contributed by atoms with Gasteiger partial charge in [-0.1, -0.05) is 12.1 Å². The number of nitrogens with zero attached hydrogens (tertiary/aromatic N) is 3. The van der Waals surface area contributed by atoms with Crippen LogP contribution in [0.4, 0.5) is 24.7 Å². The van der Waals surface area contributed by atoms with Gasteiger partial charge in [-0.2, -0.15) is 23.5 Å². The van der Waals surface area contributed by atoms with Gasteiger partial charge in [-0.3, -0.25) is 14.8 Å². The van der Waals surface area contributed by atoms with Gasteiger partial charge >= 0.3 is 12.1 Å². The first-order chi connectivity index (χ1) is 20.3. The first-order valence-electron chi connectivity index (χ1n) is 14.3. The van der Waals surface area contributed by atoms with Crippen molar-refractivity contribution < 1.29 is 27.4 Å². The number of anilines is 2. The Labute approximate surface area is 246 Å². The fourth-order valence-corrected chi connectivity index (χ4v) is 5.95. The normalized spacial score (nSPS) is 24.8. The van der Waals surface area contributed by atoms with Crippen molar-refractivity contribution in [3.05, 3.63) is 52.4 Å². The number of aromatic amines is 1. The van der Waals surface area contributed by atoms with E-state index in [1.54, 1.807) is 31.5 Å². The van der Waals surface area contributed by atoms with Gasteiger partial charge in [-0.05, 0) is 83.2 Å². The highest BCUT2D eigenvalue weighted by molar-refractivity contribution is 5.91. The van der Waals surface area contributed by atoms with Crippen molar-refractivity contribution in [3.63, 3.8) is 0 Å². The molecule has 1 unspecified atom stereocenters. The van der Waals surface area contributed by atoms with E-state index in [4.69, 9.17) is 14.6 Å². The molecule has 43 heavy (non-hydrogen) atoms. The number of H-pyrrole nitrogens is 1. The molecule has 2 fully saturated rings. The number of ether oxygens (including phenoxy) is 2. The highest BCUT2D eigenvalue weighted by Gasteiger charge is 2.56. The van der Waals surface area contributed by atoms with E-state index in [1.807, 2.05) is 0 Å². The first kappa shape index (κ1) is 30.6. The third-order valence-electron chi connectivity index (χ3n) is 8.09. The van der Waals surface area contributed by atoms with Crippen molar-refractivity contribution in [2.45, 2.75) is 88.3 Å². The Hall–Kier alpha value is -3.89. The zero-order valence-electron chi connectivity index (χ0n) is 24.3. The maximum Gasteiger partial charge on any atom is 0.410 e. The molecule has 0 amide bonds. The van der Waals surface area contributed by atoms with Crippen LogP contribution in [-0.2, 0) is 25.3 Å². The van der Waals surface area contributed by atoms with Crippen LogP contribution in [0.3, 0.4) is 0 Å². The highest BCUT2D eigenvalue weighted by Crippen LogP contribution is 2.45. The van der Waals surface area contributed by atoms with Gasteiger partial charge in [-0.15, -0.1) is 0 Å². The van der Waals surface area contributed by atoms with E-state index in [2.05, 4.69) is 21.7 Å². The van der Waals surface area contributed by atoms with Gasteiger partial charge in [0, 0.05) is 11.9 Å². The number of piperidine rings is 1. The quantitative estimate of drug-likeness (QED) is 0.332. The molecule has 2 saturated heterocycles. The Morgan fingerprint density at radius 2 is 1.95 bits per heavy atom. The topological polar surface area (TPSA) is 134 Å². The van der Waals surface area contributed by atoms with Crippen LogP contribution in [0.5, 0.6) is 0 Å². The maximum atomic E-state index is 14.2. The van der Waals surface area contributed by atoms with E-state index in [1.165, 1.54) is 30.5 Å². The van der Waals surface area contributed by atoms with Gasteiger partial charge in [0.15, 0.2) is 11.9 Å². The molecule has 0 spiro atoms. The van der Waals surface area contributed by atoms with Crippen LogP contribution >= 0.6 is 0 Å². The summed E-state index contributed by atoms with van der Waals surface area (Å²) >= 11 is 0. The lowest BCUT2D eigenvalue weighted by molar-refractivity contribution is -0.207. The first-order valence-corrected chi connectivity index (χ1v) is 14.3. The molecular weight excluding hydrogens is 565 g/mol. The minimum atomic E-state index is -4.47. The molecule has 2 aliphatic heterocycles. The standard InChI is InChI=1S/C30H35F3N6O4/c1-27(2,3)43-26(41)22-10-13-28(14-15-34,18-42-22)39-21-11-17-35-25(40)23(21)24(38-39)37-20-8-6-19(7-9-20)29(30(31,32)33)12-4-5-16-36-29/h6-9,11,17,22,36H,4-5,10,12-14,16,18H2,1-3H3,(H,35,40)(H,37,38)/t22-,28-,29?/m0/s1. The Morgan fingerprint density at radius 3 is 2.53 bits per heavy atom. The fourth-order valence-electron chi connectivity index (χ4n) is 5.95. The van der Waals surface area contributed by atoms with Crippen LogP contribution in [0.1, 0.15) is 64.9 Å². The molecule has 2 aliphatic rings. The molecule has 230 valence electrons. The molecule has 0 saturated carbocycles. The Morgan fingerprint density at radius 1 is 1.21 bits per heavy atom. The lowest BCUT2D eigenvalue weighted by Crippen LogP contribution is -2.56. The maximum absolute atomic E-state index is 14.2. The van der Waals surface area contributed by atoms with Crippen LogP contribution in [0.25, 0.3) is 10.9 Å². The molecular formula is C30H35F3N6O4. The highest BCUT2D eigenvalue weighted by atomic mass is 19.4. The number of alkyl halides is 3. The van der Waals surface area contributed by atoms with Gasteiger partial charge in [0.1, 0.15) is 16.5 Å². The summed E-state index contributed by atoms with van der Waals surface area (Å²) in [6, 6.07) is 9.78. The monoisotopic (exact) mass is 600 g/mol. The second-order valence-electron chi connectivity index (χ2n) is 12.2. The second-order valence-corrected chi connectivity index (χ2v) is 12.2. The smallest absolute Gasteiger partial charge is 0.410 e. The summed E-state index contributed by atoms with van der Waals surface area (Å²) in [5, 5.41) is 20.4. The largest absolute Gasteiger partial charge is 0.458 e. The van der Waals surface area contributed by atoms with Crippen LogP contribution in [0.2, 0.25) is 0 Å². The number of aromatic nitrogens is 3. The van der Waals surface area contributed by atoms with Gasteiger partial charge in [0.2, 0.25) is 0 Å². The number of pyridine rings is 1. The summed E-state index contributed by atoms with van der Waals surface area (Å²) in [6.07, 6.45) is -2.07. The van der Waals surface area contributed by atoms with Crippen molar-refractivity contribution in [1.82, 2.24) is 20.1 Å². The van der Waals surface area contributed by atoms with E-state index in [0.717, 1.165) is 0 Å². The Balaban J connectivity index is 1.46. The molecule has 4 heterocycles. The molecule has 0 aliphatic carbocycles. The third kappa shape index (κ3) is 5.86. The summed E-state index contributed by atoms with van der Waals surface area (Å²) < 4.78 is 55.5. The van der Waals surface area contributed by atoms with Crippen molar-refractivity contribution in [2.24, 2.45) is 0 Å². The summed E-state index contributed by atoms with van der Waals surface area (Å²) in [5.41, 5.74) is -3.21. The summed E-state index contributed by atoms with van der Waals surface area (Å²) in [6.45, 7) is 5.56. The number of rotatable bonds is 6. The van der Waals surface area contributed by atoms with Gasteiger partial charge < -0.3 is 19.8 Å². The number of benzene rings is 1. The van der Waals surface area contributed by atoms with E-state index in [9.17, 15) is 28.0 Å². The predicted octanol–water partition coefficient (Wildman–Crippen LogP) is 5.13. The van der Waals surface area contributed by atoms with E-state index >= 15 is 0 Å². The van der Waals surface area contributed by atoms with E-state index in [0.29, 0.717) is 30.5 Å². The molecule has 3 N–H and O–H groups in total. The SMILES string of the molecule is CC(C)(C)OC(=O)[C@@H]1CC[C@@](CC#N)(n2nc(Nc3ccc(C4(C(F)(F)F)CCCCN4)cc3)c3c(=O)[nH]ccc32)CO1. The molecule has 0 radical (unpaired) electrons. The van der Waals surface area contributed by atoms with Crippen molar-refractivity contribution >= 4 is 28.4 Å². The van der Waals surface area contributed by atoms with E-state index < -0.39 is 40.5 Å². The molecule has 10 nitrogen and oxygen atoms in total. The van der Waals surface area contributed by atoms with Crippen molar-refractivity contribution in [3.8, 4) is 6.07 Å². The number of nitrogens with one attached hydrogen (secondary N) is 3. The number of esters is 1. The number of halogens is 3. The van der Waals surface area contributed by atoms with Crippen molar-refractivity contribution in [1.29, 1.82) is 5.26 Å². The van der Waals surface area contributed by atoms with Crippen LogP contribution < -0.4 is 16.2 Å². The summed E-state index contributed by atoms with van der Waals surface area (Å²) in [5.74, 6) is -0.307. The number of carbonyl (C=O) groups excluding carboxylic acids is 1. The fraction of sp³-hybridized carbons (Fsp3) is 0.533. The van der Waals surface area contributed by atoms with Crippen LogP contribution in [0, 0.1) is 11.3 Å². The van der Waals surface area contributed by atoms with Crippen LogP contribution in [-0.4, -0.2) is 51.8 Å². The third-order valence-corrected chi connectivity index (χ3v) is 8.09. The number of nitriles is 1. The van der Waals surface area contributed by atoms with Gasteiger partial charge in [-0.25, -0.2) is 4.79 Å². The lowest BCUT2D eigenvalue weighted by Gasteiger charge is -2.40. The second kappa shape index (κ2) is 11.3. The zero-order valence-corrected chi connectivity index (χ0v) is 24.3. The minimum absolute atomic E-state index is 0.00171. The molecule has 13 heteroatoms. The van der Waals surface area contributed by atoms with Gasteiger partial charge in [0.25, 0.3) is 5.56 Å². The van der Waals surface area contributed by atoms with Crippen LogP contribution in [0.15, 0.2) is 41.3 Å². The number of hydrogen-bond acceptors (Lipinski definition) is 8. The van der Waals surface area contributed by atoms with Crippen molar-refractivity contribution in [2.75, 3.05) is 18.5 Å². The Bertz CT molecular complexity index is 1570. The lowest BCUT2D eigenvalue weighted by atomic mass is 9.81. The average molecular weight is 601 g/mol. The zero-order chi connectivity index (χ0) is 31.0. The average Bonchev–Trinajstić information content (AvgIpc) is 3.33. The van der Waals surface area contributed by atoms with E-state index in [-0.39, 0.29) is 49.2 Å². The summed E-state index contributed by atoms with van der Waals surface area (Å²) in [4.78, 5) is 28.3. The molecule has 0 bridgehead atoms. The molecule has 3 aromatic rings. The Kier molecular flexibility index (Phi) is 8.04. The molecule has 1 aromatic carbocycles. The minimum Gasteiger partial charge on any atom is -0.458 e.